The zero-order chi connectivity index (χ0) is 18.8. The largest absolute Gasteiger partial charge is 0.496 e. The number of hydrogen-bond donors (Lipinski definition) is 1. The SMILES string of the molecule is COc1ccccc1CCCCCCC(Sc1ccc(C)cc1)C(=O)O. The molecule has 0 amide bonds. The normalized spacial score (nSPS) is 11.9. The Labute approximate surface area is 160 Å². The average Bonchev–Trinajstić information content (AvgIpc) is 2.65. The maximum Gasteiger partial charge on any atom is 0.316 e. The Morgan fingerprint density at radius 2 is 1.73 bits per heavy atom. The molecule has 4 heteroatoms. The van der Waals surface area contributed by atoms with Gasteiger partial charge in [-0.15, -0.1) is 11.8 Å². The lowest BCUT2D eigenvalue weighted by molar-refractivity contribution is -0.136. The van der Waals surface area contributed by atoms with Crippen LogP contribution < -0.4 is 4.74 Å². The van der Waals surface area contributed by atoms with E-state index in [0.29, 0.717) is 6.42 Å². The molecule has 0 bridgehead atoms. The first-order chi connectivity index (χ1) is 12.6. The molecule has 1 atom stereocenters. The number of aryl methyl sites for hydroxylation is 2. The molecule has 0 heterocycles. The Morgan fingerprint density at radius 3 is 2.42 bits per heavy atom. The summed E-state index contributed by atoms with van der Waals surface area (Å²) in [4.78, 5) is 12.5. The molecular formula is C22H28O3S. The molecule has 2 aromatic carbocycles. The lowest BCUT2D eigenvalue weighted by Crippen LogP contribution is -2.16. The van der Waals surface area contributed by atoms with E-state index in [1.807, 2.05) is 49.4 Å². The number of unbranched alkanes of at least 4 members (excludes halogenated alkanes) is 3. The van der Waals surface area contributed by atoms with Crippen molar-refractivity contribution in [2.45, 2.75) is 55.6 Å². The van der Waals surface area contributed by atoms with E-state index in [0.717, 1.165) is 42.7 Å². The van der Waals surface area contributed by atoms with E-state index in [4.69, 9.17) is 4.74 Å². The molecular weight excluding hydrogens is 344 g/mol. The first kappa shape index (κ1) is 20.4. The number of para-hydroxylation sites is 1. The van der Waals surface area contributed by atoms with Crippen LogP contribution in [0.3, 0.4) is 0 Å². The Balaban J connectivity index is 1.69. The van der Waals surface area contributed by atoms with Crippen molar-refractivity contribution in [3.63, 3.8) is 0 Å². The van der Waals surface area contributed by atoms with Crippen molar-refractivity contribution in [1.82, 2.24) is 0 Å². The summed E-state index contributed by atoms with van der Waals surface area (Å²) < 4.78 is 5.38. The maximum atomic E-state index is 11.5. The van der Waals surface area contributed by atoms with Crippen molar-refractivity contribution in [2.24, 2.45) is 0 Å². The molecule has 0 spiro atoms. The second-order valence-corrected chi connectivity index (χ2v) is 7.80. The standard InChI is InChI=1S/C22H28O3S/c1-17-13-15-19(16-14-17)26-21(22(23)24)12-6-4-3-5-9-18-10-7-8-11-20(18)25-2/h7-8,10-11,13-16,21H,3-6,9,12H2,1-2H3,(H,23,24). The highest BCUT2D eigenvalue weighted by Gasteiger charge is 2.18. The van der Waals surface area contributed by atoms with Crippen LogP contribution in [-0.4, -0.2) is 23.4 Å². The second kappa shape index (κ2) is 10.9. The summed E-state index contributed by atoms with van der Waals surface area (Å²) in [5.41, 5.74) is 2.43. The fourth-order valence-electron chi connectivity index (χ4n) is 2.92. The lowest BCUT2D eigenvalue weighted by Gasteiger charge is -2.12. The molecule has 0 aliphatic carbocycles. The third-order valence-electron chi connectivity index (χ3n) is 4.43. The second-order valence-electron chi connectivity index (χ2n) is 6.52. The topological polar surface area (TPSA) is 46.5 Å². The average molecular weight is 373 g/mol. The van der Waals surface area contributed by atoms with Crippen LogP contribution in [0.15, 0.2) is 53.4 Å². The van der Waals surface area contributed by atoms with Crippen molar-refractivity contribution < 1.29 is 14.6 Å². The molecule has 0 saturated carbocycles. The van der Waals surface area contributed by atoms with Gasteiger partial charge >= 0.3 is 5.97 Å². The van der Waals surface area contributed by atoms with Crippen LogP contribution in [0.1, 0.15) is 43.2 Å². The smallest absolute Gasteiger partial charge is 0.316 e. The Morgan fingerprint density at radius 1 is 1.04 bits per heavy atom. The molecule has 0 aliphatic heterocycles. The fourth-order valence-corrected chi connectivity index (χ4v) is 3.93. The molecule has 26 heavy (non-hydrogen) atoms. The van der Waals surface area contributed by atoms with Crippen molar-refractivity contribution >= 4 is 17.7 Å². The van der Waals surface area contributed by atoms with Crippen LogP contribution in [0, 0.1) is 6.92 Å². The highest BCUT2D eigenvalue weighted by atomic mass is 32.2. The van der Waals surface area contributed by atoms with Gasteiger partial charge in [0, 0.05) is 4.90 Å². The Bertz CT molecular complexity index is 682. The van der Waals surface area contributed by atoms with Crippen LogP contribution in [0.5, 0.6) is 5.75 Å². The summed E-state index contributed by atoms with van der Waals surface area (Å²) in [5, 5.41) is 9.09. The van der Waals surface area contributed by atoms with Gasteiger partial charge in [-0.3, -0.25) is 4.79 Å². The number of aliphatic carboxylic acids is 1. The van der Waals surface area contributed by atoms with E-state index >= 15 is 0 Å². The van der Waals surface area contributed by atoms with Gasteiger partial charge in [0.2, 0.25) is 0 Å². The maximum absolute atomic E-state index is 11.5. The zero-order valence-corrected chi connectivity index (χ0v) is 16.4. The number of carbonyl (C=O) groups is 1. The van der Waals surface area contributed by atoms with Crippen LogP contribution in [-0.2, 0) is 11.2 Å². The molecule has 0 aromatic heterocycles. The molecule has 140 valence electrons. The summed E-state index contributed by atoms with van der Waals surface area (Å²) in [6.45, 7) is 2.04. The Hall–Kier alpha value is -1.94. The highest BCUT2D eigenvalue weighted by Crippen LogP contribution is 2.28. The minimum atomic E-state index is -0.718. The monoisotopic (exact) mass is 372 g/mol. The fraction of sp³-hybridized carbons (Fsp3) is 0.409. The van der Waals surface area contributed by atoms with Gasteiger partial charge < -0.3 is 9.84 Å². The highest BCUT2D eigenvalue weighted by molar-refractivity contribution is 8.00. The van der Waals surface area contributed by atoms with E-state index in [-0.39, 0.29) is 5.25 Å². The summed E-state index contributed by atoms with van der Waals surface area (Å²) in [7, 11) is 1.70. The third-order valence-corrected chi connectivity index (χ3v) is 5.70. The van der Waals surface area contributed by atoms with Gasteiger partial charge in [0.05, 0.1) is 7.11 Å². The molecule has 2 aromatic rings. The molecule has 1 unspecified atom stereocenters. The first-order valence-corrected chi connectivity index (χ1v) is 10.1. The van der Waals surface area contributed by atoms with Gasteiger partial charge in [-0.25, -0.2) is 0 Å². The van der Waals surface area contributed by atoms with Gasteiger partial charge in [0.25, 0.3) is 0 Å². The first-order valence-electron chi connectivity index (χ1n) is 9.18. The molecule has 0 radical (unpaired) electrons. The van der Waals surface area contributed by atoms with Gasteiger partial charge in [-0.05, 0) is 49.9 Å². The van der Waals surface area contributed by atoms with Crippen molar-refractivity contribution in [1.29, 1.82) is 0 Å². The van der Waals surface area contributed by atoms with Gasteiger partial charge in [0.1, 0.15) is 11.0 Å². The number of rotatable bonds is 11. The minimum Gasteiger partial charge on any atom is -0.496 e. The van der Waals surface area contributed by atoms with E-state index in [9.17, 15) is 9.90 Å². The van der Waals surface area contributed by atoms with E-state index in [1.54, 1.807) is 7.11 Å². The Kier molecular flexibility index (Phi) is 8.56. The van der Waals surface area contributed by atoms with Gasteiger partial charge in [0.15, 0.2) is 0 Å². The number of benzene rings is 2. The van der Waals surface area contributed by atoms with Gasteiger partial charge in [-0.1, -0.05) is 55.2 Å². The lowest BCUT2D eigenvalue weighted by atomic mass is 10.0. The molecule has 3 nitrogen and oxygen atoms in total. The van der Waals surface area contributed by atoms with Crippen LogP contribution in [0.25, 0.3) is 0 Å². The van der Waals surface area contributed by atoms with Crippen molar-refractivity contribution in [2.75, 3.05) is 7.11 Å². The summed E-state index contributed by atoms with van der Waals surface area (Å²) in [6, 6.07) is 16.2. The third kappa shape index (κ3) is 6.75. The number of methoxy groups -OCH3 is 1. The predicted octanol–water partition coefficient (Wildman–Crippen LogP) is 5.74. The minimum absolute atomic E-state index is 0.369. The number of carboxylic acids is 1. The molecule has 0 saturated heterocycles. The summed E-state index contributed by atoms with van der Waals surface area (Å²) in [6.07, 6.45) is 5.94. The number of carboxylic acid groups (broad SMARTS) is 1. The number of thioether (sulfide) groups is 1. The van der Waals surface area contributed by atoms with Crippen molar-refractivity contribution in [3.05, 3.63) is 59.7 Å². The molecule has 0 fully saturated rings. The summed E-state index contributed by atoms with van der Waals surface area (Å²) in [5.74, 6) is 0.234. The molecule has 2 rings (SSSR count). The van der Waals surface area contributed by atoms with Crippen LogP contribution >= 0.6 is 11.8 Å². The molecule has 1 N–H and O–H groups in total. The van der Waals surface area contributed by atoms with Crippen molar-refractivity contribution in [3.8, 4) is 5.75 Å². The van der Waals surface area contributed by atoms with Crippen LogP contribution in [0.4, 0.5) is 0 Å². The van der Waals surface area contributed by atoms with Crippen LogP contribution in [0.2, 0.25) is 0 Å². The van der Waals surface area contributed by atoms with E-state index < -0.39 is 5.97 Å². The number of hydrogen-bond acceptors (Lipinski definition) is 3. The van der Waals surface area contributed by atoms with E-state index in [2.05, 4.69) is 6.07 Å². The zero-order valence-electron chi connectivity index (χ0n) is 15.6. The molecule has 0 aliphatic rings. The quantitative estimate of drug-likeness (QED) is 0.403. The predicted molar refractivity (Wildman–Crippen MR) is 108 cm³/mol. The summed E-state index contributed by atoms with van der Waals surface area (Å²) >= 11 is 1.46. The number of ether oxygens (including phenoxy) is 1. The van der Waals surface area contributed by atoms with E-state index in [1.165, 1.54) is 22.9 Å². The van der Waals surface area contributed by atoms with Gasteiger partial charge in [-0.2, -0.15) is 0 Å².